The second kappa shape index (κ2) is 6.96. The van der Waals surface area contributed by atoms with Crippen LogP contribution in [0.15, 0.2) is 53.0 Å². The number of unbranched alkanes of at least 4 members (excludes halogenated alkanes) is 1. The molecule has 3 rings (SSSR count). The van der Waals surface area contributed by atoms with E-state index in [0.717, 1.165) is 23.1 Å². The molecular formula is C18H16BrNO3. The second-order valence-electron chi connectivity index (χ2n) is 5.29. The number of para-hydroxylation sites is 1. The van der Waals surface area contributed by atoms with Gasteiger partial charge >= 0.3 is 0 Å². The van der Waals surface area contributed by atoms with Gasteiger partial charge in [0.15, 0.2) is 0 Å². The SMILES string of the molecule is O=C1c2ccccc2C(=O)N1CCCCOc1ccccc1Br. The molecule has 2 amide bonds. The number of amides is 2. The largest absolute Gasteiger partial charge is 0.492 e. The molecule has 1 heterocycles. The molecule has 0 spiro atoms. The van der Waals surface area contributed by atoms with Crippen molar-refractivity contribution in [2.45, 2.75) is 12.8 Å². The highest BCUT2D eigenvalue weighted by Gasteiger charge is 2.34. The summed E-state index contributed by atoms with van der Waals surface area (Å²) in [4.78, 5) is 25.7. The average molecular weight is 374 g/mol. The Labute approximate surface area is 143 Å². The summed E-state index contributed by atoms with van der Waals surface area (Å²) in [5.74, 6) is 0.405. The van der Waals surface area contributed by atoms with Crippen molar-refractivity contribution in [3.63, 3.8) is 0 Å². The van der Waals surface area contributed by atoms with E-state index in [1.165, 1.54) is 4.90 Å². The molecule has 5 heteroatoms. The second-order valence-corrected chi connectivity index (χ2v) is 6.15. The van der Waals surface area contributed by atoms with Crippen LogP contribution in [0.4, 0.5) is 0 Å². The Bertz CT molecular complexity index is 710. The van der Waals surface area contributed by atoms with E-state index in [-0.39, 0.29) is 11.8 Å². The van der Waals surface area contributed by atoms with Gasteiger partial charge < -0.3 is 4.74 Å². The van der Waals surface area contributed by atoms with Crippen LogP contribution in [-0.4, -0.2) is 29.9 Å². The zero-order valence-corrected chi connectivity index (χ0v) is 14.1. The molecule has 0 atom stereocenters. The van der Waals surface area contributed by atoms with Gasteiger partial charge in [-0.3, -0.25) is 14.5 Å². The molecule has 1 aliphatic heterocycles. The maximum atomic E-state index is 12.2. The van der Waals surface area contributed by atoms with Crippen molar-refractivity contribution in [2.24, 2.45) is 0 Å². The number of benzene rings is 2. The standard InChI is InChI=1S/C18H16BrNO3/c19-15-9-3-4-10-16(15)23-12-6-5-11-20-17(21)13-7-1-2-8-14(13)18(20)22/h1-4,7-10H,5-6,11-12H2. The molecule has 118 valence electrons. The lowest BCUT2D eigenvalue weighted by Crippen LogP contribution is -2.30. The minimum atomic E-state index is -0.197. The first-order valence-corrected chi connectivity index (χ1v) is 8.30. The molecule has 2 aromatic carbocycles. The summed E-state index contributed by atoms with van der Waals surface area (Å²) in [6, 6.07) is 14.6. The summed E-state index contributed by atoms with van der Waals surface area (Å²) >= 11 is 3.43. The van der Waals surface area contributed by atoms with Crippen molar-refractivity contribution in [3.05, 3.63) is 64.1 Å². The van der Waals surface area contributed by atoms with E-state index in [2.05, 4.69) is 15.9 Å². The van der Waals surface area contributed by atoms with Gasteiger partial charge in [0.2, 0.25) is 0 Å². The predicted octanol–water partition coefficient (Wildman–Crippen LogP) is 3.90. The Hall–Kier alpha value is -2.14. The summed E-state index contributed by atoms with van der Waals surface area (Å²) < 4.78 is 6.60. The number of imide groups is 1. The lowest BCUT2D eigenvalue weighted by molar-refractivity contribution is 0.0649. The lowest BCUT2D eigenvalue weighted by Gasteiger charge is -2.14. The molecule has 0 radical (unpaired) electrons. The van der Waals surface area contributed by atoms with Crippen molar-refractivity contribution >= 4 is 27.7 Å². The van der Waals surface area contributed by atoms with Crippen LogP contribution in [0.5, 0.6) is 5.75 Å². The van der Waals surface area contributed by atoms with Gasteiger partial charge in [0.05, 0.1) is 22.2 Å². The van der Waals surface area contributed by atoms with Gasteiger partial charge in [-0.1, -0.05) is 24.3 Å². The van der Waals surface area contributed by atoms with Crippen LogP contribution < -0.4 is 4.74 Å². The fraction of sp³-hybridized carbons (Fsp3) is 0.222. The van der Waals surface area contributed by atoms with Crippen LogP contribution in [0, 0.1) is 0 Å². The van der Waals surface area contributed by atoms with Gasteiger partial charge in [0, 0.05) is 6.54 Å². The van der Waals surface area contributed by atoms with Gasteiger partial charge in [-0.25, -0.2) is 0 Å². The number of hydrogen-bond donors (Lipinski definition) is 0. The average Bonchev–Trinajstić information content (AvgIpc) is 2.81. The van der Waals surface area contributed by atoms with Gasteiger partial charge in [0.1, 0.15) is 5.75 Å². The van der Waals surface area contributed by atoms with Crippen molar-refractivity contribution in [2.75, 3.05) is 13.2 Å². The zero-order chi connectivity index (χ0) is 16.2. The molecule has 0 aromatic heterocycles. The quantitative estimate of drug-likeness (QED) is 0.569. The molecule has 0 aliphatic carbocycles. The number of nitrogens with zero attached hydrogens (tertiary/aromatic N) is 1. The number of rotatable bonds is 6. The maximum Gasteiger partial charge on any atom is 0.261 e. The number of carbonyl (C=O) groups is 2. The molecule has 0 bridgehead atoms. The highest BCUT2D eigenvalue weighted by molar-refractivity contribution is 9.10. The molecule has 0 saturated heterocycles. The number of carbonyl (C=O) groups excluding carboxylic acids is 2. The third-order valence-corrected chi connectivity index (χ3v) is 4.40. The van der Waals surface area contributed by atoms with E-state index in [4.69, 9.17) is 4.74 Å². The topological polar surface area (TPSA) is 46.6 Å². The minimum absolute atomic E-state index is 0.197. The van der Waals surface area contributed by atoms with Crippen LogP contribution in [0.25, 0.3) is 0 Å². The van der Waals surface area contributed by atoms with E-state index in [1.807, 2.05) is 24.3 Å². The van der Waals surface area contributed by atoms with E-state index >= 15 is 0 Å². The minimum Gasteiger partial charge on any atom is -0.492 e. The highest BCUT2D eigenvalue weighted by Crippen LogP contribution is 2.24. The van der Waals surface area contributed by atoms with Crippen molar-refractivity contribution in [1.29, 1.82) is 0 Å². The smallest absolute Gasteiger partial charge is 0.261 e. The number of fused-ring (bicyclic) bond motifs is 1. The Morgan fingerprint density at radius 3 is 2.13 bits per heavy atom. The Morgan fingerprint density at radius 2 is 1.48 bits per heavy atom. The summed E-state index contributed by atoms with van der Waals surface area (Å²) in [6.07, 6.45) is 1.49. The molecule has 0 N–H and O–H groups in total. The third-order valence-electron chi connectivity index (χ3n) is 3.75. The molecule has 4 nitrogen and oxygen atoms in total. The highest BCUT2D eigenvalue weighted by atomic mass is 79.9. The van der Waals surface area contributed by atoms with Gasteiger partial charge in [-0.15, -0.1) is 0 Å². The van der Waals surface area contributed by atoms with E-state index < -0.39 is 0 Å². The third kappa shape index (κ3) is 3.29. The Kier molecular flexibility index (Phi) is 4.76. The van der Waals surface area contributed by atoms with Crippen LogP contribution in [0.2, 0.25) is 0 Å². The monoisotopic (exact) mass is 373 g/mol. The molecule has 23 heavy (non-hydrogen) atoms. The summed E-state index contributed by atoms with van der Waals surface area (Å²) in [5, 5.41) is 0. The van der Waals surface area contributed by atoms with Crippen LogP contribution in [-0.2, 0) is 0 Å². The van der Waals surface area contributed by atoms with Crippen molar-refractivity contribution in [1.82, 2.24) is 4.90 Å². The normalized spacial score (nSPS) is 13.3. The fourth-order valence-electron chi connectivity index (χ4n) is 2.56. The van der Waals surface area contributed by atoms with Gasteiger partial charge in [-0.2, -0.15) is 0 Å². The van der Waals surface area contributed by atoms with E-state index in [0.29, 0.717) is 24.3 Å². The van der Waals surface area contributed by atoms with Crippen LogP contribution in [0.3, 0.4) is 0 Å². The predicted molar refractivity (Wildman–Crippen MR) is 90.7 cm³/mol. The zero-order valence-electron chi connectivity index (χ0n) is 12.5. The first-order valence-electron chi connectivity index (χ1n) is 7.51. The van der Waals surface area contributed by atoms with Crippen molar-refractivity contribution < 1.29 is 14.3 Å². The van der Waals surface area contributed by atoms with E-state index in [1.54, 1.807) is 24.3 Å². The number of hydrogen-bond acceptors (Lipinski definition) is 3. The summed E-state index contributed by atoms with van der Waals surface area (Å²) in [7, 11) is 0. The van der Waals surface area contributed by atoms with Crippen LogP contribution in [0.1, 0.15) is 33.6 Å². The lowest BCUT2D eigenvalue weighted by atomic mass is 10.1. The fourth-order valence-corrected chi connectivity index (χ4v) is 2.96. The number of ether oxygens (including phenoxy) is 1. The van der Waals surface area contributed by atoms with Crippen LogP contribution >= 0.6 is 15.9 Å². The first kappa shape index (κ1) is 15.7. The van der Waals surface area contributed by atoms with Crippen molar-refractivity contribution in [3.8, 4) is 5.75 Å². The first-order chi connectivity index (χ1) is 11.2. The van der Waals surface area contributed by atoms with Gasteiger partial charge in [-0.05, 0) is 53.0 Å². The number of halogens is 1. The van der Waals surface area contributed by atoms with Gasteiger partial charge in [0.25, 0.3) is 11.8 Å². The Morgan fingerprint density at radius 1 is 0.870 bits per heavy atom. The molecule has 0 unspecified atom stereocenters. The molecule has 1 aliphatic rings. The summed E-state index contributed by atoms with van der Waals surface area (Å²) in [6.45, 7) is 0.970. The van der Waals surface area contributed by atoms with E-state index in [9.17, 15) is 9.59 Å². The maximum absolute atomic E-state index is 12.2. The summed E-state index contributed by atoms with van der Waals surface area (Å²) in [5.41, 5.74) is 1.00. The molecular weight excluding hydrogens is 358 g/mol. The molecule has 0 saturated carbocycles. The Balaban J connectivity index is 1.48. The molecule has 0 fully saturated rings. The molecule has 2 aromatic rings.